The molecule has 0 spiro atoms. The van der Waals surface area contributed by atoms with Gasteiger partial charge in [0.05, 0.1) is 11.9 Å². The molecule has 0 aromatic rings. The van der Waals surface area contributed by atoms with E-state index in [9.17, 15) is 14.7 Å². The molecule has 3 fully saturated rings. The zero-order chi connectivity index (χ0) is 33.9. The average molecular weight is 540 g/mol. The van der Waals surface area contributed by atoms with Crippen LogP contribution in [0.3, 0.4) is 0 Å². The monoisotopic (exact) mass is 539 g/mol. The number of esters is 1. The minimum atomic E-state index is -3.34. The molecule has 3 rings (SSSR count). The minimum Gasteiger partial charge on any atom is -0.461 e. The van der Waals surface area contributed by atoms with E-state index in [1.807, 2.05) is 20.8 Å². The molecule has 3 aliphatic carbocycles. The second kappa shape index (κ2) is 11.9. The Morgan fingerprint density at radius 1 is 1.34 bits per heavy atom. The Bertz CT molecular complexity index is 1100. The quantitative estimate of drug-likeness (QED) is 0.241. The molecule has 0 heterocycles. The van der Waals surface area contributed by atoms with Crippen LogP contribution in [-0.4, -0.2) is 65.0 Å². The first-order valence-corrected chi connectivity index (χ1v) is 13.4. The molecule has 3 saturated carbocycles. The molecule has 0 amide bonds. The van der Waals surface area contributed by atoms with Gasteiger partial charge in [-0.1, -0.05) is 47.5 Å². The fourth-order valence-electron chi connectivity index (χ4n) is 7.15. The third-order valence-electron chi connectivity index (χ3n) is 9.52. The maximum absolute atomic E-state index is 13.5. The molecule has 0 radical (unpaired) electrons. The van der Waals surface area contributed by atoms with Gasteiger partial charge in [0.25, 0.3) is 0 Å². The molecule has 5 nitrogen and oxygen atoms in total. The van der Waals surface area contributed by atoms with E-state index < -0.39 is 67.7 Å². The van der Waals surface area contributed by atoms with Crippen LogP contribution in [0.25, 0.3) is 0 Å². The predicted octanol–water partition coefficient (Wildman–Crippen LogP) is 5.39. The van der Waals surface area contributed by atoms with Gasteiger partial charge in [0, 0.05) is 49.2 Å². The van der Waals surface area contributed by atoms with Gasteiger partial charge in [0.2, 0.25) is 0 Å². The number of thioether (sulfide) groups is 1. The molecular weight excluding hydrogens is 482 g/mol. The van der Waals surface area contributed by atoms with E-state index in [0.29, 0.717) is 12.8 Å². The molecule has 1 N–H and O–H groups in total. The van der Waals surface area contributed by atoms with Crippen molar-refractivity contribution in [1.82, 2.24) is 4.90 Å². The number of carbonyl (C=O) groups excluding carboxylic acids is 2. The van der Waals surface area contributed by atoms with Crippen LogP contribution in [0, 0.1) is 34.0 Å². The van der Waals surface area contributed by atoms with Crippen LogP contribution in [-0.2, 0) is 14.3 Å². The van der Waals surface area contributed by atoms with Crippen molar-refractivity contribution in [2.24, 2.45) is 34.0 Å². The van der Waals surface area contributed by atoms with Crippen molar-refractivity contribution < 1.29 is 33.1 Å². The lowest BCUT2D eigenvalue weighted by Crippen LogP contribution is -2.63. The summed E-state index contributed by atoms with van der Waals surface area (Å²) in [6.07, 6.45) is 3.12. The summed E-state index contributed by atoms with van der Waals surface area (Å²) in [5.74, 6) is -1.43. The van der Waals surface area contributed by atoms with Gasteiger partial charge in [-0.2, -0.15) is 0 Å². The summed E-state index contributed by atoms with van der Waals surface area (Å²) in [6.45, 7) is -1.90. The number of carbonyl (C=O) groups is 2. The van der Waals surface area contributed by atoms with Crippen molar-refractivity contribution in [3.8, 4) is 0 Å². The zero-order valence-corrected chi connectivity index (χ0v) is 22.9. The van der Waals surface area contributed by atoms with E-state index in [2.05, 4.69) is 13.5 Å². The first-order valence-electron chi connectivity index (χ1n) is 17.2. The maximum atomic E-state index is 13.5. The van der Waals surface area contributed by atoms with Crippen molar-refractivity contribution >= 4 is 35.9 Å². The predicted molar refractivity (Wildman–Crippen MR) is 147 cm³/mol. The van der Waals surface area contributed by atoms with Crippen LogP contribution >= 0.6 is 24.2 Å². The SMILES string of the molecule is Cl.[2H]C([2H])([2H])C([2H])([2H])N(CCSCC(=O)O[C@@H]1C[C@@](C)(C=C)[C@@H](O)[C@H](C)[C@]23CCC(=O)[C@H]2[C@@]1(C)[C@H](C)CC3)C([2H])([2H])C([2H])([2H])[2H]. The number of nitrogens with zero attached hydrogens (tertiary/aromatic N) is 1. The van der Waals surface area contributed by atoms with Gasteiger partial charge >= 0.3 is 5.97 Å². The lowest BCUT2D eigenvalue weighted by atomic mass is 9.44. The number of ketones is 1. The highest BCUT2D eigenvalue weighted by atomic mass is 35.5. The largest absolute Gasteiger partial charge is 0.461 e. The van der Waals surface area contributed by atoms with Crippen molar-refractivity contribution in [1.29, 1.82) is 0 Å². The number of aliphatic hydroxyl groups excluding tert-OH is 1. The van der Waals surface area contributed by atoms with Gasteiger partial charge in [0.15, 0.2) is 0 Å². The molecule has 35 heavy (non-hydrogen) atoms. The minimum absolute atomic E-state index is 0. The first kappa shape index (κ1) is 18.7. The molecular formula is C28H48ClNO4S. The van der Waals surface area contributed by atoms with Gasteiger partial charge in [-0.05, 0) is 55.9 Å². The van der Waals surface area contributed by atoms with Gasteiger partial charge in [-0.25, -0.2) is 0 Å². The molecule has 7 heteroatoms. The first-order chi connectivity index (χ1) is 19.8. The fourth-order valence-corrected chi connectivity index (χ4v) is 7.84. The maximum Gasteiger partial charge on any atom is 0.316 e. The Kier molecular flexibility index (Phi) is 6.33. The molecule has 0 aromatic heterocycles. The van der Waals surface area contributed by atoms with E-state index in [4.69, 9.17) is 18.4 Å². The van der Waals surface area contributed by atoms with E-state index in [1.54, 1.807) is 6.08 Å². The van der Waals surface area contributed by atoms with Crippen molar-refractivity contribution in [2.45, 2.75) is 85.7 Å². The van der Waals surface area contributed by atoms with Crippen LogP contribution < -0.4 is 0 Å². The number of hydrogen-bond donors (Lipinski definition) is 1. The fraction of sp³-hybridized carbons (Fsp3) is 0.857. The Balaban J connectivity index is 0.00000705. The Morgan fingerprint density at radius 3 is 2.66 bits per heavy atom. The highest BCUT2D eigenvalue weighted by molar-refractivity contribution is 7.99. The molecule has 0 aliphatic heterocycles. The topological polar surface area (TPSA) is 66.8 Å². The molecule has 0 aromatic carbocycles. The van der Waals surface area contributed by atoms with Crippen LogP contribution in [0.2, 0.25) is 0 Å². The van der Waals surface area contributed by atoms with Crippen LogP contribution in [0.15, 0.2) is 12.7 Å². The summed E-state index contributed by atoms with van der Waals surface area (Å²) in [5, 5.41) is 11.6. The summed E-state index contributed by atoms with van der Waals surface area (Å²) < 4.78 is 83.6. The van der Waals surface area contributed by atoms with E-state index >= 15 is 0 Å². The summed E-state index contributed by atoms with van der Waals surface area (Å²) in [4.78, 5) is 27.0. The Hall–Kier alpha value is -0.560. The van der Waals surface area contributed by atoms with Gasteiger partial charge in [-0.3, -0.25) is 9.59 Å². The standard InChI is InChI=1S/C28H47NO4S.ClH/c1-8-26(6)17-22(33-23(31)18-34-16-15-29(9-2)10-3)27(7)19(4)11-13-28(20(5)25(26)32)14-12-21(30)24(27)28;/h8,19-20,22,24-25,32H,1,9-18H2,2-7H3;1H/t19-,20+,22-,24+,25+,26-,27+,28+;/m1./s1/i2D3,3D3,9D2,10D2;. The highest BCUT2D eigenvalue weighted by Crippen LogP contribution is 2.67. The average Bonchev–Trinajstić information content (AvgIpc) is 3.25. The van der Waals surface area contributed by atoms with Gasteiger partial charge in [0.1, 0.15) is 11.9 Å². The number of hydrogen-bond acceptors (Lipinski definition) is 6. The number of ether oxygens (including phenoxy) is 1. The molecule has 2 bridgehead atoms. The van der Waals surface area contributed by atoms with Gasteiger partial charge in [-0.15, -0.1) is 30.7 Å². The van der Waals surface area contributed by atoms with Crippen LogP contribution in [0.4, 0.5) is 0 Å². The number of aliphatic hydroxyl groups is 1. The Labute approximate surface area is 237 Å². The second-order valence-electron chi connectivity index (χ2n) is 11.0. The smallest absolute Gasteiger partial charge is 0.316 e. The van der Waals surface area contributed by atoms with Crippen LogP contribution in [0.1, 0.15) is 87.2 Å². The van der Waals surface area contributed by atoms with E-state index in [0.717, 1.165) is 24.6 Å². The second-order valence-corrected chi connectivity index (χ2v) is 12.1. The van der Waals surface area contributed by atoms with Crippen molar-refractivity contribution in [3.63, 3.8) is 0 Å². The van der Waals surface area contributed by atoms with E-state index in [-0.39, 0.29) is 58.8 Å². The van der Waals surface area contributed by atoms with Crippen LogP contribution in [0.5, 0.6) is 0 Å². The molecule has 0 saturated heterocycles. The van der Waals surface area contributed by atoms with Gasteiger partial charge < -0.3 is 14.7 Å². The molecule has 8 atom stereocenters. The summed E-state index contributed by atoms with van der Waals surface area (Å²) in [5.41, 5.74) is -1.93. The van der Waals surface area contributed by atoms with Crippen molar-refractivity contribution in [3.05, 3.63) is 12.7 Å². The summed E-state index contributed by atoms with van der Waals surface area (Å²) in [7, 11) is 0. The highest BCUT2D eigenvalue weighted by Gasteiger charge is 2.68. The third-order valence-corrected chi connectivity index (χ3v) is 10.4. The number of Topliss-reactive ketones (excluding diaryl/α,β-unsaturated/α-hetero) is 1. The number of rotatable bonds is 9. The third kappa shape index (κ3) is 5.37. The zero-order valence-electron chi connectivity index (χ0n) is 31.3. The molecule has 202 valence electrons. The molecule has 0 unspecified atom stereocenters. The normalized spacial score (nSPS) is 46.7. The summed E-state index contributed by atoms with van der Waals surface area (Å²) >= 11 is 0.936. The summed E-state index contributed by atoms with van der Waals surface area (Å²) in [6, 6.07) is 0. The van der Waals surface area contributed by atoms with E-state index in [1.165, 1.54) is 0 Å². The Morgan fingerprint density at radius 2 is 2.03 bits per heavy atom. The lowest BCUT2D eigenvalue weighted by molar-refractivity contribution is -0.205. The molecule has 3 aliphatic rings. The lowest BCUT2D eigenvalue weighted by Gasteiger charge is -2.61. The van der Waals surface area contributed by atoms with Crippen molar-refractivity contribution in [2.75, 3.05) is 31.0 Å². The number of halogens is 1.